The van der Waals surface area contributed by atoms with Crippen LogP contribution in [0.1, 0.15) is 30.4 Å². The van der Waals surface area contributed by atoms with Crippen molar-refractivity contribution in [1.82, 2.24) is 0 Å². The zero-order valence-corrected chi connectivity index (χ0v) is 9.88. The van der Waals surface area contributed by atoms with Crippen molar-refractivity contribution in [3.05, 3.63) is 29.3 Å². The van der Waals surface area contributed by atoms with Gasteiger partial charge in [-0.05, 0) is 55.0 Å². The van der Waals surface area contributed by atoms with Crippen LogP contribution in [0.3, 0.4) is 0 Å². The number of hydrogen-bond donors (Lipinski definition) is 0. The molecule has 16 heavy (non-hydrogen) atoms. The molecule has 0 saturated carbocycles. The summed E-state index contributed by atoms with van der Waals surface area (Å²) >= 11 is 0. The summed E-state index contributed by atoms with van der Waals surface area (Å²) in [7, 11) is 3.34. The van der Waals surface area contributed by atoms with Crippen molar-refractivity contribution in [3.63, 3.8) is 0 Å². The van der Waals surface area contributed by atoms with Gasteiger partial charge in [0.1, 0.15) is 0 Å². The molecule has 1 aliphatic carbocycles. The normalized spacial score (nSPS) is 16.9. The summed E-state index contributed by atoms with van der Waals surface area (Å²) in [6, 6.07) is 4.12. The Balaban J connectivity index is 2.45. The highest BCUT2D eigenvalue weighted by atomic mass is 16.5. The van der Waals surface area contributed by atoms with Crippen LogP contribution in [0, 0.1) is 6.08 Å². The van der Waals surface area contributed by atoms with Crippen molar-refractivity contribution in [2.75, 3.05) is 14.2 Å². The second kappa shape index (κ2) is 5.06. The number of ether oxygens (including phenoxy) is 2. The third kappa shape index (κ3) is 2.21. The van der Waals surface area contributed by atoms with E-state index in [0.29, 0.717) is 0 Å². The molecule has 0 atom stereocenters. The zero-order valence-electron chi connectivity index (χ0n) is 9.88. The molecule has 0 bridgehead atoms. The van der Waals surface area contributed by atoms with Crippen LogP contribution in [0.4, 0.5) is 0 Å². The van der Waals surface area contributed by atoms with Crippen molar-refractivity contribution in [1.29, 1.82) is 0 Å². The van der Waals surface area contributed by atoms with E-state index in [0.717, 1.165) is 24.3 Å². The van der Waals surface area contributed by atoms with Gasteiger partial charge in [0.2, 0.25) is 0 Å². The maximum absolute atomic E-state index is 5.32. The Hall–Kier alpha value is -1.44. The topological polar surface area (TPSA) is 18.5 Å². The third-order valence-electron chi connectivity index (χ3n) is 2.92. The molecule has 0 aromatic heterocycles. The van der Waals surface area contributed by atoms with Crippen molar-refractivity contribution in [2.24, 2.45) is 0 Å². The molecule has 0 saturated heterocycles. The van der Waals surface area contributed by atoms with Crippen LogP contribution in [-0.4, -0.2) is 14.2 Å². The van der Waals surface area contributed by atoms with Gasteiger partial charge in [0, 0.05) is 0 Å². The van der Waals surface area contributed by atoms with E-state index in [1.807, 2.05) is 6.07 Å². The Labute approximate surface area is 96.9 Å². The molecule has 0 spiro atoms. The minimum atomic E-state index is 0.792. The molecule has 85 valence electrons. The quantitative estimate of drug-likeness (QED) is 0.757. The number of aryl methyl sites for hydroxylation is 1. The first-order chi connectivity index (χ1) is 7.85. The zero-order chi connectivity index (χ0) is 11.4. The van der Waals surface area contributed by atoms with Crippen molar-refractivity contribution >= 4 is 6.08 Å². The van der Waals surface area contributed by atoms with Gasteiger partial charge in [-0.1, -0.05) is 6.08 Å². The fourth-order valence-corrected chi connectivity index (χ4v) is 2.01. The maximum Gasteiger partial charge on any atom is 0.161 e. The van der Waals surface area contributed by atoms with E-state index in [9.17, 15) is 0 Å². The van der Waals surface area contributed by atoms with Crippen molar-refractivity contribution in [2.45, 2.75) is 25.7 Å². The highest BCUT2D eigenvalue weighted by molar-refractivity contribution is 5.59. The summed E-state index contributed by atoms with van der Waals surface area (Å²) < 4.78 is 10.6. The summed E-state index contributed by atoms with van der Waals surface area (Å²) in [6.45, 7) is 0. The van der Waals surface area contributed by atoms with Gasteiger partial charge in [-0.15, -0.1) is 0 Å². The van der Waals surface area contributed by atoms with E-state index in [1.165, 1.54) is 24.0 Å². The first-order valence-corrected chi connectivity index (χ1v) is 5.66. The van der Waals surface area contributed by atoms with E-state index < -0.39 is 0 Å². The lowest BCUT2D eigenvalue weighted by Crippen LogP contribution is -1.97. The minimum Gasteiger partial charge on any atom is -0.493 e. The third-order valence-corrected chi connectivity index (χ3v) is 2.92. The number of fused-ring (bicyclic) bond motifs is 1. The molecule has 2 rings (SSSR count). The van der Waals surface area contributed by atoms with Crippen molar-refractivity contribution < 1.29 is 9.47 Å². The van der Waals surface area contributed by atoms with Gasteiger partial charge in [0.05, 0.1) is 14.2 Å². The second-order valence-electron chi connectivity index (χ2n) is 3.96. The molecule has 1 radical (unpaired) electrons. The standard InChI is InChI=1S/C14H17O2/c1-15-13-9-11-7-5-3-4-6-8-12(11)10-14(13)16-2/h8-10H,3-5,7H2,1-2H3. The van der Waals surface area contributed by atoms with E-state index in [4.69, 9.17) is 9.47 Å². The largest absolute Gasteiger partial charge is 0.493 e. The molecule has 1 aromatic rings. The summed E-state index contributed by atoms with van der Waals surface area (Å²) in [5, 5.41) is 0. The number of hydrogen-bond acceptors (Lipinski definition) is 2. The first kappa shape index (κ1) is 11.1. The maximum atomic E-state index is 5.32. The summed E-state index contributed by atoms with van der Waals surface area (Å²) in [6.07, 6.45) is 9.96. The lowest BCUT2D eigenvalue weighted by atomic mass is 9.97. The molecule has 2 nitrogen and oxygen atoms in total. The second-order valence-corrected chi connectivity index (χ2v) is 3.96. The van der Waals surface area contributed by atoms with Gasteiger partial charge >= 0.3 is 0 Å². The molecule has 1 aromatic carbocycles. The Bertz CT molecular complexity index is 394. The van der Waals surface area contributed by atoms with Crippen LogP contribution in [-0.2, 0) is 6.42 Å². The van der Waals surface area contributed by atoms with E-state index in [2.05, 4.69) is 18.2 Å². The Morgan fingerprint density at radius 3 is 2.56 bits per heavy atom. The fourth-order valence-electron chi connectivity index (χ4n) is 2.01. The average molecular weight is 217 g/mol. The van der Waals surface area contributed by atoms with Crippen LogP contribution in [0.25, 0.3) is 6.08 Å². The van der Waals surface area contributed by atoms with Gasteiger partial charge in [0.25, 0.3) is 0 Å². The summed E-state index contributed by atoms with van der Waals surface area (Å²) in [4.78, 5) is 0. The number of methoxy groups -OCH3 is 2. The lowest BCUT2D eigenvalue weighted by molar-refractivity contribution is 0.354. The lowest BCUT2D eigenvalue weighted by Gasteiger charge is -2.14. The monoisotopic (exact) mass is 217 g/mol. The predicted octanol–water partition coefficient (Wildman–Crippen LogP) is 3.25. The van der Waals surface area contributed by atoms with Crippen LogP contribution in [0.5, 0.6) is 11.5 Å². The van der Waals surface area contributed by atoms with Gasteiger partial charge in [-0.2, -0.15) is 0 Å². The molecule has 0 heterocycles. The Morgan fingerprint density at radius 2 is 1.81 bits per heavy atom. The number of rotatable bonds is 2. The van der Waals surface area contributed by atoms with E-state index in [1.54, 1.807) is 14.2 Å². The Morgan fingerprint density at radius 1 is 1.06 bits per heavy atom. The minimum absolute atomic E-state index is 0.792. The molecular formula is C14H17O2. The molecule has 0 fully saturated rings. The molecule has 0 aliphatic heterocycles. The summed E-state index contributed by atoms with van der Waals surface area (Å²) in [5.74, 6) is 1.61. The van der Waals surface area contributed by atoms with Crippen LogP contribution < -0.4 is 9.47 Å². The average Bonchev–Trinajstić information content (AvgIpc) is 2.29. The van der Waals surface area contributed by atoms with Gasteiger partial charge in [-0.3, -0.25) is 0 Å². The van der Waals surface area contributed by atoms with Gasteiger partial charge in [0.15, 0.2) is 11.5 Å². The van der Waals surface area contributed by atoms with Gasteiger partial charge in [-0.25, -0.2) is 0 Å². The van der Waals surface area contributed by atoms with Crippen LogP contribution in [0.2, 0.25) is 0 Å². The highest BCUT2D eigenvalue weighted by Crippen LogP contribution is 2.32. The number of benzene rings is 1. The molecule has 2 heteroatoms. The fraction of sp³-hybridized carbons (Fsp3) is 0.429. The van der Waals surface area contributed by atoms with Gasteiger partial charge < -0.3 is 9.47 Å². The predicted molar refractivity (Wildman–Crippen MR) is 64.8 cm³/mol. The molecule has 1 aliphatic rings. The van der Waals surface area contributed by atoms with Crippen LogP contribution >= 0.6 is 0 Å². The Kier molecular flexibility index (Phi) is 3.50. The van der Waals surface area contributed by atoms with E-state index in [-0.39, 0.29) is 0 Å². The molecular weight excluding hydrogens is 200 g/mol. The van der Waals surface area contributed by atoms with E-state index >= 15 is 0 Å². The molecule has 0 unspecified atom stereocenters. The highest BCUT2D eigenvalue weighted by Gasteiger charge is 2.10. The van der Waals surface area contributed by atoms with Crippen LogP contribution in [0.15, 0.2) is 12.1 Å². The summed E-state index contributed by atoms with van der Waals surface area (Å²) in [5.41, 5.74) is 2.53. The SMILES string of the molecule is COc1cc2c(cc1OC)CCCC/[C]=C\2. The first-order valence-electron chi connectivity index (χ1n) is 5.66. The molecule has 0 amide bonds. The number of allylic oxidation sites excluding steroid dienone is 1. The smallest absolute Gasteiger partial charge is 0.161 e. The molecule has 0 N–H and O–H groups in total. The van der Waals surface area contributed by atoms with Crippen molar-refractivity contribution in [3.8, 4) is 11.5 Å².